The Morgan fingerprint density at radius 2 is 2.03 bits per heavy atom. The number of esters is 1. The lowest BCUT2D eigenvalue weighted by Crippen LogP contribution is -2.64. The molecule has 2 aromatic heterocycles. The molecule has 1 fully saturated rings. The normalized spacial score (nSPS) is 21.7. The van der Waals surface area contributed by atoms with Crippen LogP contribution in [0.15, 0.2) is 28.9 Å². The molecule has 1 saturated carbocycles. The summed E-state index contributed by atoms with van der Waals surface area (Å²) in [6.07, 6.45) is 7.95. The second-order valence-corrected chi connectivity index (χ2v) is 8.70. The third-order valence-electron chi connectivity index (χ3n) is 6.36. The number of aromatic nitrogens is 2. The van der Waals surface area contributed by atoms with E-state index in [4.69, 9.17) is 9.15 Å². The monoisotopic (exact) mass is 442 g/mol. The molecule has 9 nitrogen and oxygen atoms in total. The van der Waals surface area contributed by atoms with Crippen molar-refractivity contribution in [2.75, 3.05) is 6.61 Å². The van der Waals surface area contributed by atoms with Gasteiger partial charge in [0.2, 0.25) is 5.91 Å². The molecule has 0 spiro atoms. The molecule has 2 amide bonds. The number of amides is 2. The van der Waals surface area contributed by atoms with Crippen molar-refractivity contribution in [3.05, 3.63) is 41.6 Å². The Kier molecular flexibility index (Phi) is 6.34. The van der Waals surface area contributed by atoms with Gasteiger partial charge in [-0.25, -0.2) is 4.79 Å². The molecule has 4 rings (SSSR count). The van der Waals surface area contributed by atoms with Gasteiger partial charge in [0.05, 0.1) is 26.0 Å². The highest BCUT2D eigenvalue weighted by molar-refractivity contribution is 6.01. The van der Waals surface area contributed by atoms with Crippen LogP contribution in [-0.4, -0.2) is 50.7 Å². The Balaban J connectivity index is 1.65. The van der Waals surface area contributed by atoms with Crippen molar-refractivity contribution in [1.29, 1.82) is 0 Å². The van der Waals surface area contributed by atoms with Crippen LogP contribution in [-0.2, 0) is 22.6 Å². The molecule has 1 aliphatic heterocycles. The zero-order valence-electron chi connectivity index (χ0n) is 18.6. The summed E-state index contributed by atoms with van der Waals surface area (Å²) >= 11 is 0. The van der Waals surface area contributed by atoms with Gasteiger partial charge >= 0.3 is 5.97 Å². The van der Waals surface area contributed by atoms with E-state index in [1.54, 1.807) is 26.0 Å². The predicted octanol–water partition coefficient (Wildman–Crippen LogP) is 2.91. The quantitative estimate of drug-likeness (QED) is 0.545. The van der Waals surface area contributed by atoms with Crippen LogP contribution in [0.3, 0.4) is 0 Å². The van der Waals surface area contributed by atoms with Gasteiger partial charge in [0, 0.05) is 12.1 Å². The molecule has 1 atom stereocenters. The number of nitrogens with one attached hydrogen (secondary N) is 1. The Bertz CT molecular complexity index is 975. The smallest absolute Gasteiger partial charge is 0.358 e. The number of ether oxygens (including phenoxy) is 1. The largest absolute Gasteiger partial charge is 0.467 e. The lowest BCUT2D eigenvalue weighted by molar-refractivity contribution is -0.134. The zero-order chi connectivity index (χ0) is 22.7. The molecular weight excluding hydrogens is 412 g/mol. The summed E-state index contributed by atoms with van der Waals surface area (Å²) in [5, 5.41) is 7.47. The van der Waals surface area contributed by atoms with Gasteiger partial charge < -0.3 is 19.4 Å². The maximum atomic E-state index is 13.6. The second-order valence-electron chi connectivity index (χ2n) is 8.70. The number of hydrogen-bond donors (Lipinski definition) is 1. The number of nitrogens with zero attached hydrogens (tertiary/aromatic N) is 3. The third-order valence-corrected chi connectivity index (χ3v) is 6.36. The highest BCUT2D eigenvalue weighted by Gasteiger charge is 2.49. The summed E-state index contributed by atoms with van der Waals surface area (Å²) in [6.45, 7) is 3.93. The number of carbonyl (C=O) groups is 3. The lowest BCUT2D eigenvalue weighted by Gasteiger charge is -2.43. The van der Waals surface area contributed by atoms with Crippen LogP contribution >= 0.6 is 0 Å². The van der Waals surface area contributed by atoms with Crippen LogP contribution in [0.4, 0.5) is 0 Å². The summed E-state index contributed by atoms with van der Waals surface area (Å²) < 4.78 is 11.9. The topological polar surface area (TPSA) is 107 Å². The maximum absolute atomic E-state index is 13.6. The average Bonchev–Trinajstić information content (AvgIpc) is 3.36. The standard InChI is InChI=1S/C23H30N4O5/c1-3-31-21(29)18-13-19-20(28)26(14-17-11-8-12-32-17)23(2,15-27(19)25-18)22(30)24-16-9-6-4-5-7-10-16/h8,11-13,16H,3-7,9-10,14-15H2,1-2H3,(H,24,30). The van der Waals surface area contributed by atoms with E-state index in [0.717, 1.165) is 25.7 Å². The first-order chi connectivity index (χ1) is 15.4. The molecule has 3 heterocycles. The molecule has 1 N–H and O–H groups in total. The molecule has 0 radical (unpaired) electrons. The van der Waals surface area contributed by atoms with Crippen molar-refractivity contribution in [2.24, 2.45) is 0 Å². The molecule has 172 valence electrons. The zero-order valence-corrected chi connectivity index (χ0v) is 18.6. The molecular formula is C23H30N4O5. The summed E-state index contributed by atoms with van der Waals surface area (Å²) in [5.41, 5.74) is -0.887. The number of rotatable bonds is 6. The van der Waals surface area contributed by atoms with Crippen LogP contribution in [0, 0.1) is 0 Å². The summed E-state index contributed by atoms with van der Waals surface area (Å²) in [7, 11) is 0. The fourth-order valence-corrected chi connectivity index (χ4v) is 4.52. The molecule has 2 aliphatic rings. The van der Waals surface area contributed by atoms with Crippen molar-refractivity contribution in [3.63, 3.8) is 0 Å². The molecule has 2 aromatic rings. The van der Waals surface area contributed by atoms with Crippen molar-refractivity contribution >= 4 is 17.8 Å². The summed E-state index contributed by atoms with van der Waals surface area (Å²) in [4.78, 5) is 40.8. The minimum absolute atomic E-state index is 0.0570. The molecule has 0 bridgehead atoms. The van der Waals surface area contributed by atoms with E-state index in [2.05, 4.69) is 10.4 Å². The van der Waals surface area contributed by atoms with Crippen LogP contribution in [0.5, 0.6) is 0 Å². The van der Waals surface area contributed by atoms with Crippen LogP contribution in [0.2, 0.25) is 0 Å². The molecule has 0 saturated heterocycles. The van der Waals surface area contributed by atoms with E-state index in [1.807, 2.05) is 0 Å². The van der Waals surface area contributed by atoms with Gasteiger partial charge in [-0.3, -0.25) is 14.3 Å². The van der Waals surface area contributed by atoms with Gasteiger partial charge in [0.1, 0.15) is 17.0 Å². The third kappa shape index (κ3) is 4.28. The number of fused-ring (bicyclic) bond motifs is 1. The average molecular weight is 443 g/mol. The summed E-state index contributed by atoms with van der Waals surface area (Å²) in [5.74, 6) is -0.618. The second kappa shape index (κ2) is 9.18. The summed E-state index contributed by atoms with van der Waals surface area (Å²) in [6, 6.07) is 5.04. The first-order valence-corrected chi connectivity index (χ1v) is 11.3. The van der Waals surface area contributed by atoms with Gasteiger partial charge in [-0.1, -0.05) is 25.7 Å². The first kappa shape index (κ1) is 22.1. The molecule has 1 aliphatic carbocycles. The molecule has 32 heavy (non-hydrogen) atoms. The molecule has 0 aromatic carbocycles. The van der Waals surface area contributed by atoms with Gasteiger partial charge in [-0.15, -0.1) is 0 Å². The minimum Gasteiger partial charge on any atom is -0.467 e. The van der Waals surface area contributed by atoms with Crippen molar-refractivity contribution in [2.45, 2.75) is 77.0 Å². The first-order valence-electron chi connectivity index (χ1n) is 11.3. The number of hydrogen-bond acceptors (Lipinski definition) is 6. The van der Waals surface area contributed by atoms with Crippen molar-refractivity contribution in [3.8, 4) is 0 Å². The Morgan fingerprint density at radius 1 is 1.28 bits per heavy atom. The van der Waals surface area contributed by atoms with Crippen LogP contribution < -0.4 is 5.32 Å². The van der Waals surface area contributed by atoms with E-state index < -0.39 is 11.5 Å². The Morgan fingerprint density at radius 3 is 2.69 bits per heavy atom. The van der Waals surface area contributed by atoms with E-state index in [0.29, 0.717) is 5.76 Å². The lowest BCUT2D eigenvalue weighted by atomic mass is 9.93. The van der Waals surface area contributed by atoms with E-state index in [1.165, 1.54) is 34.8 Å². The molecule has 1 unspecified atom stereocenters. The maximum Gasteiger partial charge on any atom is 0.358 e. The number of furan rings is 1. The minimum atomic E-state index is -1.19. The van der Waals surface area contributed by atoms with Crippen molar-refractivity contribution in [1.82, 2.24) is 20.0 Å². The van der Waals surface area contributed by atoms with E-state index in [9.17, 15) is 14.4 Å². The fourth-order valence-electron chi connectivity index (χ4n) is 4.52. The number of carbonyl (C=O) groups excluding carboxylic acids is 3. The Labute approximate surface area is 187 Å². The highest BCUT2D eigenvalue weighted by Crippen LogP contribution is 2.30. The van der Waals surface area contributed by atoms with E-state index >= 15 is 0 Å². The predicted molar refractivity (Wildman–Crippen MR) is 115 cm³/mol. The van der Waals surface area contributed by atoms with Gasteiger partial charge in [0.15, 0.2) is 5.69 Å². The van der Waals surface area contributed by atoms with Crippen molar-refractivity contribution < 1.29 is 23.5 Å². The highest BCUT2D eigenvalue weighted by atomic mass is 16.5. The fraction of sp³-hybridized carbons (Fsp3) is 0.565. The van der Waals surface area contributed by atoms with Gasteiger partial charge in [-0.05, 0) is 38.8 Å². The van der Waals surface area contributed by atoms with Crippen LogP contribution in [0.1, 0.15) is 79.1 Å². The van der Waals surface area contributed by atoms with Gasteiger partial charge in [0.25, 0.3) is 5.91 Å². The Hall–Kier alpha value is -3.10. The SMILES string of the molecule is CCOC(=O)c1cc2n(n1)CC(C)(C(=O)NC1CCCCCC1)N(Cc1ccco1)C2=O. The van der Waals surface area contributed by atoms with E-state index in [-0.39, 0.29) is 48.9 Å². The molecule has 9 heteroatoms. The van der Waals surface area contributed by atoms with Crippen LogP contribution in [0.25, 0.3) is 0 Å². The van der Waals surface area contributed by atoms with Gasteiger partial charge in [-0.2, -0.15) is 5.10 Å².